The molecule has 1 aromatic heterocycles. The van der Waals surface area contributed by atoms with Gasteiger partial charge in [0.2, 0.25) is 0 Å². The summed E-state index contributed by atoms with van der Waals surface area (Å²) >= 11 is 2.21. The lowest BCUT2D eigenvalue weighted by molar-refractivity contribution is -0.0290. The van der Waals surface area contributed by atoms with Crippen molar-refractivity contribution in [2.45, 2.75) is 33.3 Å². The molecular formula is C12H19IN2O. The molecule has 0 spiro atoms. The summed E-state index contributed by atoms with van der Waals surface area (Å²) in [5.74, 6) is 0.796. The van der Waals surface area contributed by atoms with Gasteiger partial charge in [0, 0.05) is 16.3 Å². The summed E-state index contributed by atoms with van der Waals surface area (Å²) < 4.78 is 1.10. The molecule has 0 aliphatic rings. The van der Waals surface area contributed by atoms with Crippen LogP contribution in [0, 0.1) is 8.99 Å². The van der Waals surface area contributed by atoms with Gasteiger partial charge in [0.05, 0.1) is 5.60 Å². The molecule has 16 heavy (non-hydrogen) atoms. The van der Waals surface area contributed by atoms with Crippen molar-refractivity contribution in [3.8, 4) is 0 Å². The van der Waals surface area contributed by atoms with Crippen molar-refractivity contribution in [2.75, 3.05) is 11.9 Å². The average molecular weight is 334 g/mol. The van der Waals surface area contributed by atoms with E-state index in [2.05, 4.69) is 32.9 Å². The minimum atomic E-state index is -0.766. The van der Waals surface area contributed by atoms with E-state index in [1.807, 2.05) is 39.8 Å². The molecule has 4 heteroatoms. The molecule has 0 saturated heterocycles. The molecule has 90 valence electrons. The SMILES string of the molecule is CC(C)(C)[C@](C)(O)CNc1ccc(I)cn1. The van der Waals surface area contributed by atoms with Crippen molar-refractivity contribution in [1.82, 2.24) is 4.98 Å². The topological polar surface area (TPSA) is 45.1 Å². The molecule has 1 aromatic rings. The first-order valence-electron chi connectivity index (χ1n) is 5.30. The second kappa shape index (κ2) is 4.87. The third-order valence-electron chi connectivity index (χ3n) is 2.96. The molecule has 0 amide bonds. The van der Waals surface area contributed by atoms with Gasteiger partial charge in [-0.05, 0) is 47.1 Å². The van der Waals surface area contributed by atoms with E-state index in [0.29, 0.717) is 6.54 Å². The van der Waals surface area contributed by atoms with Crippen LogP contribution in [0.15, 0.2) is 18.3 Å². The van der Waals surface area contributed by atoms with E-state index >= 15 is 0 Å². The summed E-state index contributed by atoms with van der Waals surface area (Å²) in [5.41, 5.74) is -0.930. The van der Waals surface area contributed by atoms with Crippen LogP contribution in [0.1, 0.15) is 27.7 Å². The maximum atomic E-state index is 10.3. The number of aromatic nitrogens is 1. The van der Waals surface area contributed by atoms with Crippen LogP contribution in [0.5, 0.6) is 0 Å². The Balaban J connectivity index is 2.61. The Kier molecular flexibility index (Phi) is 4.17. The highest BCUT2D eigenvalue weighted by Gasteiger charge is 2.34. The third kappa shape index (κ3) is 3.59. The van der Waals surface area contributed by atoms with Gasteiger partial charge in [0.15, 0.2) is 0 Å². The number of aliphatic hydroxyl groups is 1. The summed E-state index contributed by atoms with van der Waals surface area (Å²) in [6.07, 6.45) is 1.80. The molecule has 0 aliphatic carbocycles. The maximum Gasteiger partial charge on any atom is 0.126 e. The van der Waals surface area contributed by atoms with Gasteiger partial charge in [0.25, 0.3) is 0 Å². The first kappa shape index (κ1) is 13.7. The number of anilines is 1. The van der Waals surface area contributed by atoms with E-state index in [-0.39, 0.29) is 5.41 Å². The molecule has 1 heterocycles. The normalized spacial score (nSPS) is 15.6. The Morgan fingerprint density at radius 2 is 1.94 bits per heavy atom. The number of nitrogens with one attached hydrogen (secondary N) is 1. The van der Waals surface area contributed by atoms with E-state index in [0.717, 1.165) is 9.39 Å². The van der Waals surface area contributed by atoms with Crippen LogP contribution in [0.4, 0.5) is 5.82 Å². The second-order valence-corrected chi connectivity index (χ2v) is 6.48. The number of nitrogens with zero attached hydrogens (tertiary/aromatic N) is 1. The second-order valence-electron chi connectivity index (χ2n) is 5.24. The predicted molar refractivity (Wildman–Crippen MR) is 75.5 cm³/mol. The van der Waals surface area contributed by atoms with E-state index in [1.165, 1.54) is 0 Å². The molecule has 0 aliphatic heterocycles. The molecule has 0 aromatic carbocycles. The standard InChI is InChI=1S/C12H19IN2O/c1-11(2,3)12(4,16)8-15-10-6-5-9(13)7-14-10/h5-7,16H,8H2,1-4H3,(H,14,15)/t12-/m1/s1. The number of pyridine rings is 1. The largest absolute Gasteiger partial charge is 0.388 e. The van der Waals surface area contributed by atoms with Crippen molar-refractivity contribution < 1.29 is 5.11 Å². The molecule has 0 radical (unpaired) electrons. The van der Waals surface area contributed by atoms with Crippen LogP contribution in [0.2, 0.25) is 0 Å². The maximum absolute atomic E-state index is 10.3. The summed E-state index contributed by atoms with van der Waals surface area (Å²) in [4.78, 5) is 4.23. The van der Waals surface area contributed by atoms with Gasteiger partial charge >= 0.3 is 0 Å². The van der Waals surface area contributed by atoms with Crippen molar-refractivity contribution in [3.05, 3.63) is 21.9 Å². The number of hydrogen-bond donors (Lipinski definition) is 2. The Bertz CT molecular complexity index is 341. The molecule has 3 nitrogen and oxygen atoms in total. The molecule has 0 saturated carbocycles. The molecule has 0 unspecified atom stereocenters. The third-order valence-corrected chi connectivity index (χ3v) is 3.59. The highest BCUT2D eigenvalue weighted by atomic mass is 127. The van der Waals surface area contributed by atoms with Gasteiger partial charge in [-0.25, -0.2) is 4.98 Å². The fraction of sp³-hybridized carbons (Fsp3) is 0.583. The Labute approximate surface area is 111 Å². The molecular weight excluding hydrogens is 315 g/mol. The van der Waals surface area contributed by atoms with Gasteiger partial charge in [0.1, 0.15) is 5.82 Å². The Morgan fingerprint density at radius 1 is 1.31 bits per heavy atom. The van der Waals surface area contributed by atoms with E-state index in [1.54, 1.807) is 6.20 Å². The highest BCUT2D eigenvalue weighted by molar-refractivity contribution is 14.1. The Hall–Kier alpha value is -0.360. The number of rotatable bonds is 3. The van der Waals surface area contributed by atoms with Crippen LogP contribution < -0.4 is 5.32 Å². The van der Waals surface area contributed by atoms with E-state index in [4.69, 9.17) is 0 Å². The molecule has 1 atom stereocenters. The zero-order valence-corrected chi connectivity index (χ0v) is 12.4. The fourth-order valence-corrected chi connectivity index (χ4v) is 1.33. The van der Waals surface area contributed by atoms with Crippen molar-refractivity contribution >= 4 is 28.4 Å². The summed E-state index contributed by atoms with van der Waals surface area (Å²) in [6, 6.07) is 3.90. The number of halogens is 1. The van der Waals surface area contributed by atoms with Gasteiger partial charge in [-0.15, -0.1) is 0 Å². The highest BCUT2D eigenvalue weighted by Crippen LogP contribution is 2.29. The summed E-state index contributed by atoms with van der Waals surface area (Å²) in [5, 5.41) is 13.4. The smallest absolute Gasteiger partial charge is 0.126 e. The summed E-state index contributed by atoms with van der Waals surface area (Å²) in [7, 11) is 0. The van der Waals surface area contributed by atoms with Crippen LogP contribution in [-0.2, 0) is 0 Å². The van der Waals surface area contributed by atoms with Crippen molar-refractivity contribution in [3.63, 3.8) is 0 Å². The quantitative estimate of drug-likeness (QED) is 0.836. The van der Waals surface area contributed by atoms with Gasteiger partial charge < -0.3 is 10.4 Å². The Morgan fingerprint density at radius 3 is 2.38 bits per heavy atom. The zero-order valence-electron chi connectivity index (χ0n) is 10.2. The molecule has 0 fully saturated rings. The average Bonchev–Trinajstić information content (AvgIpc) is 2.15. The summed E-state index contributed by atoms with van der Waals surface area (Å²) in [6.45, 7) is 8.40. The first-order valence-corrected chi connectivity index (χ1v) is 6.38. The van der Waals surface area contributed by atoms with Crippen LogP contribution in [0.3, 0.4) is 0 Å². The first-order chi connectivity index (χ1) is 7.22. The monoisotopic (exact) mass is 334 g/mol. The fourth-order valence-electron chi connectivity index (χ4n) is 1.01. The van der Waals surface area contributed by atoms with Crippen molar-refractivity contribution in [2.24, 2.45) is 5.41 Å². The molecule has 2 N–H and O–H groups in total. The van der Waals surface area contributed by atoms with Crippen molar-refractivity contribution in [1.29, 1.82) is 0 Å². The van der Waals surface area contributed by atoms with Crippen LogP contribution in [-0.4, -0.2) is 22.2 Å². The molecule has 1 rings (SSSR count). The van der Waals surface area contributed by atoms with Crippen LogP contribution >= 0.6 is 22.6 Å². The van der Waals surface area contributed by atoms with Gasteiger partial charge in [-0.1, -0.05) is 20.8 Å². The zero-order chi connectivity index (χ0) is 12.4. The van der Waals surface area contributed by atoms with Crippen LogP contribution in [0.25, 0.3) is 0 Å². The minimum Gasteiger partial charge on any atom is -0.388 e. The van der Waals surface area contributed by atoms with E-state index in [9.17, 15) is 5.11 Å². The van der Waals surface area contributed by atoms with Gasteiger partial charge in [-0.3, -0.25) is 0 Å². The lowest BCUT2D eigenvalue weighted by Gasteiger charge is -2.37. The molecule has 0 bridgehead atoms. The van der Waals surface area contributed by atoms with Gasteiger partial charge in [-0.2, -0.15) is 0 Å². The van der Waals surface area contributed by atoms with E-state index < -0.39 is 5.60 Å². The lowest BCUT2D eigenvalue weighted by Crippen LogP contribution is -2.45. The predicted octanol–water partition coefficient (Wildman–Crippen LogP) is 2.90. The number of hydrogen-bond acceptors (Lipinski definition) is 3. The lowest BCUT2D eigenvalue weighted by atomic mass is 9.78. The minimum absolute atomic E-state index is 0.163.